The highest BCUT2D eigenvalue weighted by Crippen LogP contribution is 2.41. The zero-order chi connectivity index (χ0) is 14.8. The summed E-state index contributed by atoms with van der Waals surface area (Å²) in [5, 5.41) is 47.4. The Labute approximate surface area is 115 Å². The van der Waals surface area contributed by atoms with Crippen molar-refractivity contribution in [1.82, 2.24) is 0 Å². The van der Waals surface area contributed by atoms with Crippen molar-refractivity contribution in [3.8, 4) is 0 Å². The molecule has 1 fully saturated rings. The molecule has 0 bridgehead atoms. The van der Waals surface area contributed by atoms with Crippen LogP contribution in [-0.2, 0) is 9.53 Å². The van der Waals surface area contributed by atoms with Gasteiger partial charge in [-0.25, -0.2) is 4.79 Å². The van der Waals surface area contributed by atoms with Crippen molar-refractivity contribution < 1.29 is 35.1 Å². The first-order valence-corrected chi connectivity index (χ1v) is 7.13. The average Bonchev–Trinajstić information content (AvgIpc) is 2.39. The third-order valence-corrected chi connectivity index (χ3v) is 4.60. The van der Waals surface area contributed by atoms with Crippen molar-refractivity contribution in [2.45, 2.75) is 42.7 Å². The van der Waals surface area contributed by atoms with E-state index in [0.29, 0.717) is 0 Å². The molecule has 112 valence electrons. The molecular weight excluding hydrogens is 276 g/mol. The zero-order valence-corrected chi connectivity index (χ0v) is 11.6. The van der Waals surface area contributed by atoms with Crippen LogP contribution in [0.4, 0.5) is 0 Å². The zero-order valence-electron chi connectivity index (χ0n) is 10.8. The number of carbonyl (C=O) groups is 1. The molecule has 0 amide bonds. The van der Waals surface area contributed by atoms with E-state index in [4.69, 9.17) is 9.84 Å². The van der Waals surface area contributed by atoms with E-state index in [2.05, 4.69) is 0 Å². The Morgan fingerprint density at radius 3 is 2.53 bits per heavy atom. The lowest BCUT2D eigenvalue weighted by Crippen LogP contribution is -2.58. The van der Waals surface area contributed by atoms with E-state index in [1.165, 1.54) is 6.26 Å². The van der Waals surface area contributed by atoms with Gasteiger partial charge in [-0.15, -0.1) is 11.8 Å². The largest absolute Gasteiger partial charge is 0.478 e. The van der Waals surface area contributed by atoms with Crippen LogP contribution in [-0.4, -0.2) is 73.7 Å². The summed E-state index contributed by atoms with van der Waals surface area (Å²) < 4.78 is 5.43. The van der Waals surface area contributed by atoms with Crippen LogP contribution in [0.3, 0.4) is 0 Å². The number of ether oxygens (including phenoxy) is 1. The van der Waals surface area contributed by atoms with Gasteiger partial charge in [0.2, 0.25) is 4.93 Å². The van der Waals surface area contributed by atoms with Crippen molar-refractivity contribution in [3.63, 3.8) is 0 Å². The van der Waals surface area contributed by atoms with Gasteiger partial charge in [-0.05, 0) is 6.26 Å². The normalized spacial score (nSPS) is 38.7. The van der Waals surface area contributed by atoms with E-state index < -0.39 is 47.8 Å². The number of carboxylic acids is 1. The number of hydrogen-bond donors (Lipinski definition) is 5. The SMILES string of the molecule is CS[C@]1(C(=O)O)C[C@H](O)C(C)C([C@H](O)[C@H](O)CO)O1. The molecule has 5 N–H and O–H groups in total. The van der Waals surface area contributed by atoms with E-state index in [1.807, 2.05) is 0 Å². The van der Waals surface area contributed by atoms with Crippen LogP contribution in [0.2, 0.25) is 0 Å². The first-order chi connectivity index (χ1) is 8.79. The minimum absolute atomic E-state index is 0.108. The number of aliphatic hydroxyl groups is 4. The summed E-state index contributed by atoms with van der Waals surface area (Å²) in [7, 11) is 0. The molecule has 0 saturated carbocycles. The van der Waals surface area contributed by atoms with Crippen LogP contribution in [0.25, 0.3) is 0 Å². The van der Waals surface area contributed by atoms with Crippen molar-refractivity contribution in [1.29, 1.82) is 0 Å². The standard InChI is InChI=1S/C11H20O7S/c1-5-6(13)3-11(19-2,10(16)17)18-9(5)8(15)7(14)4-12/h5-9,12-15H,3-4H2,1-2H3,(H,16,17)/t5?,6-,7+,8+,9?,11-/m0/s1. The molecule has 8 heteroatoms. The summed E-state index contributed by atoms with van der Waals surface area (Å²) in [5.74, 6) is -1.81. The molecule has 2 unspecified atom stereocenters. The number of thioether (sulfide) groups is 1. The maximum absolute atomic E-state index is 11.3. The number of aliphatic hydroxyl groups excluding tert-OH is 4. The lowest BCUT2D eigenvalue weighted by atomic mass is 9.85. The molecule has 0 aromatic heterocycles. The topological polar surface area (TPSA) is 127 Å². The number of hydrogen-bond acceptors (Lipinski definition) is 7. The van der Waals surface area contributed by atoms with Crippen molar-refractivity contribution in [3.05, 3.63) is 0 Å². The minimum atomic E-state index is -1.66. The van der Waals surface area contributed by atoms with Crippen LogP contribution in [0.5, 0.6) is 0 Å². The van der Waals surface area contributed by atoms with Gasteiger partial charge in [0.1, 0.15) is 12.2 Å². The van der Waals surface area contributed by atoms with Crippen molar-refractivity contribution in [2.24, 2.45) is 5.92 Å². The molecule has 0 aromatic carbocycles. The highest BCUT2D eigenvalue weighted by molar-refractivity contribution is 8.00. The predicted octanol–water partition coefficient (Wildman–Crippen LogP) is -1.37. The lowest BCUT2D eigenvalue weighted by molar-refractivity contribution is -0.212. The van der Waals surface area contributed by atoms with Gasteiger partial charge in [-0.2, -0.15) is 0 Å². The summed E-state index contributed by atoms with van der Waals surface area (Å²) in [5.41, 5.74) is 0. The summed E-state index contributed by atoms with van der Waals surface area (Å²) in [6, 6.07) is 0. The third kappa shape index (κ3) is 3.21. The summed E-state index contributed by atoms with van der Waals surface area (Å²) in [6.45, 7) is 0.915. The molecule has 6 atom stereocenters. The molecule has 7 nitrogen and oxygen atoms in total. The van der Waals surface area contributed by atoms with Gasteiger partial charge in [0.05, 0.1) is 18.8 Å². The molecule has 0 radical (unpaired) electrons. The molecule has 0 aliphatic carbocycles. The van der Waals surface area contributed by atoms with Gasteiger partial charge in [0.25, 0.3) is 0 Å². The summed E-state index contributed by atoms with van der Waals surface area (Å²) in [4.78, 5) is 9.66. The molecule has 1 aliphatic heterocycles. The third-order valence-electron chi connectivity index (χ3n) is 3.50. The number of aliphatic carboxylic acids is 1. The Morgan fingerprint density at radius 1 is 1.53 bits per heavy atom. The average molecular weight is 296 g/mol. The highest BCUT2D eigenvalue weighted by atomic mass is 32.2. The Hall–Kier alpha value is -0.380. The molecule has 0 spiro atoms. The number of rotatable bonds is 5. The van der Waals surface area contributed by atoms with Gasteiger partial charge in [-0.3, -0.25) is 0 Å². The van der Waals surface area contributed by atoms with Gasteiger partial charge in [-0.1, -0.05) is 6.92 Å². The Balaban J connectivity index is 2.99. The van der Waals surface area contributed by atoms with E-state index in [9.17, 15) is 25.2 Å². The molecule has 1 saturated heterocycles. The maximum Gasteiger partial charge on any atom is 0.346 e. The predicted molar refractivity (Wildman–Crippen MR) is 67.6 cm³/mol. The molecule has 19 heavy (non-hydrogen) atoms. The maximum atomic E-state index is 11.3. The summed E-state index contributed by atoms with van der Waals surface area (Å²) >= 11 is 0.911. The van der Waals surface area contributed by atoms with Gasteiger partial charge >= 0.3 is 5.97 Å². The second-order valence-corrected chi connectivity index (χ2v) is 5.78. The highest BCUT2D eigenvalue weighted by Gasteiger charge is 2.52. The molecule has 1 aliphatic rings. The molecular formula is C11H20O7S. The Morgan fingerprint density at radius 2 is 2.11 bits per heavy atom. The second-order valence-electron chi connectivity index (χ2n) is 4.72. The van der Waals surface area contributed by atoms with E-state index >= 15 is 0 Å². The van der Waals surface area contributed by atoms with E-state index in [0.717, 1.165) is 11.8 Å². The fraction of sp³-hybridized carbons (Fsp3) is 0.909. The fourth-order valence-corrected chi connectivity index (χ4v) is 2.84. The second kappa shape index (κ2) is 6.38. The van der Waals surface area contributed by atoms with Crippen LogP contribution < -0.4 is 0 Å². The first kappa shape index (κ1) is 16.7. The van der Waals surface area contributed by atoms with Gasteiger partial charge in [0.15, 0.2) is 0 Å². The quantitative estimate of drug-likeness (QED) is 0.420. The first-order valence-electron chi connectivity index (χ1n) is 5.90. The Bertz CT molecular complexity index is 326. The monoisotopic (exact) mass is 296 g/mol. The van der Waals surface area contributed by atoms with Crippen molar-refractivity contribution in [2.75, 3.05) is 12.9 Å². The van der Waals surface area contributed by atoms with E-state index in [1.54, 1.807) is 6.92 Å². The van der Waals surface area contributed by atoms with Crippen LogP contribution in [0.15, 0.2) is 0 Å². The summed E-state index contributed by atoms with van der Waals surface area (Å²) in [6.07, 6.45) is -3.56. The van der Waals surface area contributed by atoms with Gasteiger partial charge < -0.3 is 30.3 Å². The fourth-order valence-electron chi connectivity index (χ4n) is 2.12. The minimum Gasteiger partial charge on any atom is -0.478 e. The number of carboxylic acid groups (broad SMARTS) is 1. The smallest absolute Gasteiger partial charge is 0.346 e. The Kier molecular flexibility index (Phi) is 5.60. The van der Waals surface area contributed by atoms with Crippen LogP contribution >= 0.6 is 11.8 Å². The molecule has 0 aromatic rings. The van der Waals surface area contributed by atoms with Crippen LogP contribution in [0.1, 0.15) is 13.3 Å². The van der Waals surface area contributed by atoms with Gasteiger partial charge in [0, 0.05) is 12.3 Å². The van der Waals surface area contributed by atoms with Crippen LogP contribution in [0, 0.1) is 5.92 Å². The molecule has 1 rings (SSSR count). The molecule has 1 heterocycles. The lowest BCUT2D eigenvalue weighted by Gasteiger charge is -2.45. The van der Waals surface area contributed by atoms with E-state index in [-0.39, 0.29) is 6.42 Å². The van der Waals surface area contributed by atoms with Crippen molar-refractivity contribution >= 4 is 17.7 Å².